The fraction of sp³-hybridized carbons (Fsp3) is 0.300. The van der Waals surface area contributed by atoms with Crippen LogP contribution in [-0.2, 0) is 13.0 Å². The molecule has 5 heterocycles. The van der Waals surface area contributed by atoms with Crippen LogP contribution in [0.2, 0.25) is 0 Å². The maximum Gasteiger partial charge on any atom is 0.336 e. The number of aromatic nitrogens is 2. The monoisotopic (exact) mass is 494 g/mol. The van der Waals surface area contributed by atoms with Gasteiger partial charge in [-0.15, -0.1) is 0 Å². The maximum atomic E-state index is 12.3. The number of furan rings is 1. The van der Waals surface area contributed by atoms with Crippen molar-refractivity contribution >= 4 is 21.9 Å². The first-order chi connectivity index (χ1) is 18.0. The molecule has 0 aliphatic carbocycles. The summed E-state index contributed by atoms with van der Waals surface area (Å²) in [6.07, 6.45) is 6.74. The van der Waals surface area contributed by atoms with Gasteiger partial charge in [0.15, 0.2) is 5.58 Å². The number of piperazine rings is 1. The van der Waals surface area contributed by atoms with Gasteiger partial charge in [0.2, 0.25) is 0 Å². The number of hydrogen-bond donors (Lipinski definition) is 0. The first kappa shape index (κ1) is 23.6. The van der Waals surface area contributed by atoms with Crippen molar-refractivity contribution in [2.75, 3.05) is 32.7 Å². The van der Waals surface area contributed by atoms with Gasteiger partial charge in [-0.3, -0.25) is 14.9 Å². The van der Waals surface area contributed by atoms with Crippen molar-refractivity contribution in [2.24, 2.45) is 0 Å². The third kappa shape index (κ3) is 4.92. The van der Waals surface area contributed by atoms with E-state index in [1.165, 1.54) is 11.6 Å². The maximum absolute atomic E-state index is 12.3. The number of rotatable bonds is 6. The molecular formula is C30H30N4O3. The van der Waals surface area contributed by atoms with Crippen LogP contribution < -0.4 is 5.63 Å². The smallest absolute Gasteiger partial charge is 0.336 e. The lowest BCUT2D eigenvalue weighted by molar-refractivity contribution is 0.128. The second kappa shape index (κ2) is 9.92. The highest BCUT2D eigenvalue weighted by molar-refractivity contribution is 5.95. The highest BCUT2D eigenvalue weighted by Gasteiger charge is 2.20. The molecule has 6 rings (SSSR count). The van der Waals surface area contributed by atoms with Crippen LogP contribution >= 0.6 is 0 Å². The van der Waals surface area contributed by atoms with E-state index >= 15 is 0 Å². The molecule has 1 aliphatic heterocycles. The molecule has 0 N–H and O–H groups in total. The lowest BCUT2D eigenvalue weighted by Gasteiger charge is -2.34. The summed E-state index contributed by atoms with van der Waals surface area (Å²) in [6.45, 7) is 9.96. The predicted octanol–water partition coefficient (Wildman–Crippen LogP) is 4.97. The summed E-state index contributed by atoms with van der Waals surface area (Å²) in [5.41, 5.74) is 6.06. The first-order valence-electron chi connectivity index (χ1n) is 12.8. The van der Waals surface area contributed by atoms with Crippen LogP contribution in [-0.4, -0.2) is 52.5 Å². The number of hydrogen-bond acceptors (Lipinski definition) is 7. The summed E-state index contributed by atoms with van der Waals surface area (Å²) in [4.78, 5) is 26.1. The van der Waals surface area contributed by atoms with E-state index in [-0.39, 0.29) is 5.63 Å². The predicted molar refractivity (Wildman–Crippen MR) is 145 cm³/mol. The Balaban J connectivity index is 1.22. The summed E-state index contributed by atoms with van der Waals surface area (Å²) in [7, 11) is 0. The van der Waals surface area contributed by atoms with Crippen molar-refractivity contribution in [2.45, 2.75) is 26.8 Å². The van der Waals surface area contributed by atoms with Crippen molar-refractivity contribution in [3.05, 3.63) is 93.9 Å². The van der Waals surface area contributed by atoms with Crippen molar-refractivity contribution in [1.29, 1.82) is 0 Å². The third-order valence-corrected chi connectivity index (χ3v) is 7.31. The fourth-order valence-electron chi connectivity index (χ4n) is 5.18. The zero-order chi connectivity index (χ0) is 25.4. The molecule has 37 heavy (non-hydrogen) atoms. The van der Waals surface area contributed by atoms with Crippen LogP contribution in [0.5, 0.6) is 0 Å². The third-order valence-electron chi connectivity index (χ3n) is 7.31. The van der Waals surface area contributed by atoms with Crippen molar-refractivity contribution in [3.63, 3.8) is 0 Å². The Kier molecular flexibility index (Phi) is 6.32. The minimum absolute atomic E-state index is 0.384. The van der Waals surface area contributed by atoms with Gasteiger partial charge in [0.25, 0.3) is 0 Å². The summed E-state index contributed by atoms with van der Waals surface area (Å²) in [5.74, 6) is 0.662. The van der Waals surface area contributed by atoms with Crippen molar-refractivity contribution < 1.29 is 8.83 Å². The van der Waals surface area contributed by atoms with Crippen LogP contribution in [0.4, 0.5) is 0 Å². The topological polar surface area (TPSA) is 75.6 Å². The number of pyridine rings is 2. The minimum Gasteiger partial charge on any atom is -0.454 e. The van der Waals surface area contributed by atoms with E-state index in [9.17, 15) is 4.79 Å². The van der Waals surface area contributed by atoms with E-state index in [4.69, 9.17) is 8.83 Å². The van der Waals surface area contributed by atoms with Crippen molar-refractivity contribution in [3.8, 4) is 11.3 Å². The van der Waals surface area contributed by atoms with E-state index < -0.39 is 0 Å². The van der Waals surface area contributed by atoms with E-state index in [0.717, 1.165) is 84.4 Å². The van der Waals surface area contributed by atoms with Gasteiger partial charge in [-0.05, 0) is 61.2 Å². The van der Waals surface area contributed by atoms with Gasteiger partial charge < -0.3 is 13.7 Å². The molecule has 0 unspecified atom stereocenters. The highest BCUT2D eigenvalue weighted by Crippen LogP contribution is 2.35. The van der Waals surface area contributed by atoms with Crippen LogP contribution in [0.15, 0.2) is 74.7 Å². The standard InChI is InChI=1S/C30H30N4O3/c1-20-3-4-24-26(17-29(35)36-27(24)15-20)28-16-25-23(18-32-21(2)30(25)37-28)19-34-13-11-33(12-14-34)10-7-22-5-8-31-9-6-22/h3-6,8-9,15-18H,7,10-14,19H2,1-2H3. The molecule has 7 heteroatoms. The summed E-state index contributed by atoms with van der Waals surface area (Å²) >= 11 is 0. The number of fused-ring (bicyclic) bond motifs is 2. The molecule has 0 spiro atoms. The number of aryl methyl sites for hydroxylation is 2. The second-order valence-electron chi connectivity index (χ2n) is 9.92. The minimum atomic E-state index is -0.384. The average molecular weight is 495 g/mol. The Morgan fingerprint density at radius 1 is 0.892 bits per heavy atom. The van der Waals surface area contributed by atoms with Crippen LogP contribution in [0.1, 0.15) is 22.4 Å². The van der Waals surface area contributed by atoms with Gasteiger partial charge in [-0.1, -0.05) is 12.1 Å². The SMILES string of the molecule is Cc1ccc2c(-c3cc4c(CN5CCN(CCc6ccncc6)CC5)cnc(C)c4o3)cc(=O)oc2c1. The van der Waals surface area contributed by atoms with Gasteiger partial charge in [0.1, 0.15) is 11.3 Å². The van der Waals surface area contributed by atoms with Gasteiger partial charge in [0.05, 0.1) is 5.69 Å². The average Bonchev–Trinajstić information content (AvgIpc) is 3.36. The normalized spacial score (nSPS) is 15.1. The van der Waals surface area contributed by atoms with Crippen LogP contribution in [0, 0.1) is 13.8 Å². The summed E-state index contributed by atoms with van der Waals surface area (Å²) in [5, 5.41) is 1.91. The Labute approximate surface area is 215 Å². The zero-order valence-electron chi connectivity index (χ0n) is 21.2. The Morgan fingerprint density at radius 3 is 2.49 bits per heavy atom. The Morgan fingerprint density at radius 2 is 1.68 bits per heavy atom. The molecule has 7 nitrogen and oxygen atoms in total. The molecule has 0 amide bonds. The molecule has 0 saturated carbocycles. The Bertz CT molecular complexity index is 1620. The Hall–Kier alpha value is -3.81. The molecule has 0 radical (unpaired) electrons. The van der Waals surface area contributed by atoms with Gasteiger partial charge in [0, 0.05) is 80.3 Å². The molecule has 1 fully saturated rings. The summed E-state index contributed by atoms with van der Waals surface area (Å²) < 4.78 is 11.8. The quantitative estimate of drug-likeness (QED) is 0.308. The van der Waals surface area contributed by atoms with Crippen LogP contribution in [0.3, 0.4) is 0 Å². The molecular weight excluding hydrogens is 464 g/mol. The van der Waals surface area contributed by atoms with E-state index in [0.29, 0.717) is 11.3 Å². The lowest BCUT2D eigenvalue weighted by atomic mass is 10.1. The molecule has 188 valence electrons. The van der Waals surface area contributed by atoms with Gasteiger partial charge in [-0.2, -0.15) is 0 Å². The van der Waals surface area contributed by atoms with Gasteiger partial charge >= 0.3 is 5.63 Å². The molecule has 1 aliphatic rings. The fourth-order valence-corrected chi connectivity index (χ4v) is 5.18. The van der Waals surface area contributed by atoms with Gasteiger partial charge in [-0.25, -0.2) is 4.79 Å². The lowest BCUT2D eigenvalue weighted by Crippen LogP contribution is -2.46. The molecule has 1 aromatic carbocycles. The zero-order valence-corrected chi connectivity index (χ0v) is 21.2. The summed E-state index contributed by atoms with van der Waals surface area (Å²) in [6, 6.07) is 13.6. The molecule has 4 aromatic heterocycles. The number of nitrogens with zero attached hydrogens (tertiary/aromatic N) is 4. The largest absolute Gasteiger partial charge is 0.454 e. The molecule has 5 aromatic rings. The van der Waals surface area contributed by atoms with E-state index in [2.05, 4.69) is 38.0 Å². The number of benzene rings is 1. The van der Waals surface area contributed by atoms with E-state index in [1.807, 2.05) is 50.6 Å². The second-order valence-corrected chi connectivity index (χ2v) is 9.92. The highest BCUT2D eigenvalue weighted by atomic mass is 16.4. The van der Waals surface area contributed by atoms with Crippen LogP contribution in [0.25, 0.3) is 33.3 Å². The van der Waals surface area contributed by atoms with E-state index in [1.54, 1.807) is 0 Å². The molecule has 1 saturated heterocycles. The van der Waals surface area contributed by atoms with Crippen molar-refractivity contribution in [1.82, 2.24) is 19.8 Å². The first-order valence-corrected chi connectivity index (χ1v) is 12.8. The molecule has 0 atom stereocenters. The molecule has 0 bridgehead atoms.